The van der Waals surface area contributed by atoms with Crippen LogP contribution in [-0.4, -0.2) is 44.1 Å². The molecule has 0 saturated carbocycles. The number of thioether (sulfide) groups is 1. The number of aryl methyl sites for hydroxylation is 2. The van der Waals surface area contributed by atoms with Gasteiger partial charge in [-0.05, 0) is 54.3 Å². The number of hydrogen-bond acceptors (Lipinski definition) is 5. The quantitative estimate of drug-likeness (QED) is 0.618. The molecule has 1 aromatic heterocycles. The molecule has 28 heavy (non-hydrogen) atoms. The number of tetrazole rings is 1. The maximum Gasteiger partial charge on any atom is 0.240 e. The van der Waals surface area contributed by atoms with Gasteiger partial charge >= 0.3 is 0 Å². The van der Waals surface area contributed by atoms with Crippen LogP contribution in [0, 0.1) is 13.8 Å². The summed E-state index contributed by atoms with van der Waals surface area (Å²) < 4.78 is 1.73. The zero-order valence-corrected chi connectivity index (χ0v) is 16.9. The van der Waals surface area contributed by atoms with Crippen LogP contribution in [0.5, 0.6) is 0 Å². The summed E-state index contributed by atoms with van der Waals surface area (Å²) in [5.74, 6) is 0.129. The zero-order chi connectivity index (χ0) is 19.5. The van der Waals surface area contributed by atoms with E-state index >= 15 is 0 Å². The minimum absolute atomic E-state index is 0.129. The Morgan fingerprint density at radius 3 is 2.54 bits per heavy atom. The molecule has 6 nitrogen and oxygen atoms in total. The van der Waals surface area contributed by atoms with Crippen LogP contribution in [0.4, 0.5) is 0 Å². The Hall–Kier alpha value is -2.67. The first-order valence-corrected chi connectivity index (χ1v) is 10.4. The van der Waals surface area contributed by atoms with Crippen molar-refractivity contribution in [2.45, 2.75) is 37.1 Å². The lowest BCUT2D eigenvalue weighted by atomic mass is 10.1. The first kappa shape index (κ1) is 18.7. The molecule has 1 fully saturated rings. The van der Waals surface area contributed by atoms with Gasteiger partial charge in [-0.2, -0.15) is 4.68 Å². The Balaban J connectivity index is 1.68. The third-order valence-electron chi connectivity index (χ3n) is 4.99. The molecular formula is C21H23N5OS. The highest BCUT2D eigenvalue weighted by Crippen LogP contribution is 2.37. The van der Waals surface area contributed by atoms with Crippen molar-refractivity contribution < 1.29 is 4.79 Å². The molecule has 0 N–H and O–H groups in total. The summed E-state index contributed by atoms with van der Waals surface area (Å²) in [6, 6.07) is 16.1. The lowest BCUT2D eigenvalue weighted by Gasteiger charge is -2.22. The third kappa shape index (κ3) is 3.80. The number of benzene rings is 2. The van der Waals surface area contributed by atoms with E-state index in [-0.39, 0.29) is 11.2 Å². The first-order valence-electron chi connectivity index (χ1n) is 9.50. The highest BCUT2D eigenvalue weighted by atomic mass is 32.2. The van der Waals surface area contributed by atoms with Gasteiger partial charge in [-0.3, -0.25) is 4.79 Å². The summed E-state index contributed by atoms with van der Waals surface area (Å²) in [4.78, 5) is 15.2. The fourth-order valence-corrected chi connectivity index (χ4v) is 4.62. The monoisotopic (exact) mass is 393 g/mol. The van der Waals surface area contributed by atoms with Gasteiger partial charge in [-0.15, -0.1) is 5.10 Å². The Labute approximate surface area is 168 Å². The number of carbonyl (C=O) groups is 1. The van der Waals surface area contributed by atoms with E-state index in [2.05, 4.69) is 28.5 Å². The third-order valence-corrected chi connectivity index (χ3v) is 6.16. The van der Waals surface area contributed by atoms with Crippen LogP contribution in [0.3, 0.4) is 0 Å². The smallest absolute Gasteiger partial charge is 0.240 e. The largest absolute Gasteiger partial charge is 0.341 e. The Morgan fingerprint density at radius 1 is 1.07 bits per heavy atom. The van der Waals surface area contributed by atoms with Crippen molar-refractivity contribution in [3.63, 3.8) is 0 Å². The molecule has 0 spiro atoms. The maximum absolute atomic E-state index is 13.3. The standard InChI is InChI=1S/C21H23N5OS/c1-15-10-11-18(16(2)14-15)26-21(22-23-24-26)28-19(17-8-4-3-5-9-17)20(27)25-12-6-7-13-25/h3-5,8-11,14,19H,6-7,12-13H2,1-2H3/t19-/m0/s1. The second-order valence-corrected chi connectivity index (χ2v) is 8.18. The number of likely N-dealkylation sites (tertiary alicyclic amines) is 1. The summed E-state index contributed by atoms with van der Waals surface area (Å²) >= 11 is 1.41. The molecule has 2 aromatic carbocycles. The minimum atomic E-state index is -0.366. The van der Waals surface area contributed by atoms with Crippen LogP contribution in [-0.2, 0) is 4.79 Å². The van der Waals surface area contributed by atoms with Crippen molar-refractivity contribution in [3.05, 3.63) is 65.2 Å². The lowest BCUT2D eigenvalue weighted by Crippen LogP contribution is -2.31. The lowest BCUT2D eigenvalue weighted by molar-refractivity contribution is -0.129. The highest BCUT2D eigenvalue weighted by Gasteiger charge is 2.30. The molecule has 1 saturated heterocycles. The van der Waals surface area contributed by atoms with Crippen molar-refractivity contribution >= 4 is 17.7 Å². The molecule has 7 heteroatoms. The van der Waals surface area contributed by atoms with Crippen LogP contribution < -0.4 is 0 Å². The number of aromatic nitrogens is 4. The molecule has 0 radical (unpaired) electrons. The molecule has 0 bridgehead atoms. The van der Waals surface area contributed by atoms with Gasteiger partial charge in [0.05, 0.1) is 5.69 Å². The van der Waals surface area contributed by atoms with Crippen molar-refractivity contribution in [3.8, 4) is 5.69 Å². The van der Waals surface area contributed by atoms with E-state index in [4.69, 9.17) is 0 Å². The van der Waals surface area contributed by atoms with E-state index in [1.807, 2.05) is 54.3 Å². The van der Waals surface area contributed by atoms with Gasteiger partial charge in [0.25, 0.3) is 0 Å². The summed E-state index contributed by atoms with van der Waals surface area (Å²) in [6.45, 7) is 5.75. The van der Waals surface area contributed by atoms with E-state index in [1.165, 1.54) is 17.3 Å². The summed E-state index contributed by atoms with van der Waals surface area (Å²) in [5, 5.41) is 12.6. The fourth-order valence-electron chi connectivity index (χ4n) is 3.54. The van der Waals surface area contributed by atoms with E-state index in [9.17, 15) is 4.79 Å². The van der Waals surface area contributed by atoms with Crippen molar-refractivity contribution in [1.82, 2.24) is 25.1 Å². The number of amides is 1. The Kier molecular flexibility index (Phi) is 5.43. The normalized spacial score (nSPS) is 15.0. The van der Waals surface area contributed by atoms with Crippen LogP contribution in [0.25, 0.3) is 5.69 Å². The van der Waals surface area contributed by atoms with Crippen LogP contribution >= 0.6 is 11.8 Å². The fraction of sp³-hybridized carbons (Fsp3) is 0.333. The second kappa shape index (κ2) is 8.14. The second-order valence-electron chi connectivity index (χ2n) is 7.10. The molecule has 0 aliphatic carbocycles. The van der Waals surface area contributed by atoms with Crippen LogP contribution in [0.1, 0.15) is 34.8 Å². The van der Waals surface area contributed by atoms with Crippen molar-refractivity contribution in [2.75, 3.05) is 13.1 Å². The molecular weight excluding hydrogens is 370 g/mol. The Morgan fingerprint density at radius 2 is 1.82 bits per heavy atom. The van der Waals surface area contributed by atoms with Gasteiger partial charge in [0.2, 0.25) is 11.1 Å². The summed E-state index contributed by atoms with van der Waals surface area (Å²) in [7, 11) is 0. The number of carbonyl (C=O) groups excluding carboxylic acids is 1. The van der Waals surface area contributed by atoms with Gasteiger partial charge in [-0.25, -0.2) is 0 Å². The summed E-state index contributed by atoms with van der Waals surface area (Å²) in [6.07, 6.45) is 2.14. The molecule has 2 heterocycles. The molecule has 1 amide bonds. The molecule has 3 aromatic rings. The minimum Gasteiger partial charge on any atom is -0.341 e. The molecule has 1 aliphatic rings. The van der Waals surface area contributed by atoms with Gasteiger partial charge < -0.3 is 4.90 Å². The average molecular weight is 394 g/mol. The highest BCUT2D eigenvalue weighted by molar-refractivity contribution is 8.00. The predicted molar refractivity (Wildman–Crippen MR) is 109 cm³/mol. The van der Waals surface area contributed by atoms with E-state index in [1.54, 1.807) is 4.68 Å². The maximum atomic E-state index is 13.3. The Bertz CT molecular complexity index is 966. The molecule has 1 aliphatic heterocycles. The van der Waals surface area contributed by atoms with Crippen molar-refractivity contribution in [1.29, 1.82) is 0 Å². The average Bonchev–Trinajstić information content (AvgIpc) is 3.39. The zero-order valence-electron chi connectivity index (χ0n) is 16.1. The number of nitrogens with zero attached hydrogens (tertiary/aromatic N) is 5. The topological polar surface area (TPSA) is 63.9 Å². The summed E-state index contributed by atoms with van der Waals surface area (Å²) in [5.41, 5.74) is 4.18. The van der Waals surface area contributed by atoms with Crippen LogP contribution in [0.15, 0.2) is 53.7 Å². The van der Waals surface area contributed by atoms with E-state index in [0.717, 1.165) is 42.7 Å². The van der Waals surface area contributed by atoms with Crippen molar-refractivity contribution in [2.24, 2.45) is 0 Å². The predicted octanol–water partition coefficient (Wildman–Crippen LogP) is 3.73. The van der Waals surface area contributed by atoms with E-state index in [0.29, 0.717) is 5.16 Å². The van der Waals surface area contributed by atoms with Gasteiger partial charge in [0.1, 0.15) is 5.25 Å². The number of hydrogen-bond donors (Lipinski definition) is 0. The van der Waals surface area contributed by atoms with Gasteiger partial charge in [-0.1, -0.05) is 59.8 Å². The molecule has 144 valence electrons. The van der Waals surface area contributed by atoms with E-state index < -0.39 is 0 Å². The van der Waals surface area contributed by atoms with Gasteiger partial charge in [0.15, 0.2) is 0 Å². The van der Waals surface area contributed by atoms with Crippen LogP contribution in [0.2, 0.25) is 0 Å². The molecule has 4 rings (SSSR count). The first-order chi connectivity index (χ1) is 13.6. The SMILES string of the molecule is Cc1ccc(-n2nnnc2S[C@H](C(=O)N2CCCC2)c2ccccc2)c(C)c1. The number of rotatable bonds is 5. The van der Waals surface area contributed by atoms with Gasteiger partial charge in [0, 0.05) is 13.1 Å². The molecule has 1 atom stereocenters. The molecule has 0 unspecified atom stereocenters.